The van der Waals surface area contributed by atoms with Gasteiger partial charge in [-0.15, -0.1) is 0 Å². The third kappa shape index (κ3) is 4.53. The lowest BCUT2D eigenvalue weighted by molar-refractivity contribution is -0.133. The highest BCUT2D eigenvalue weighted by Crippen LogP contribution is 2.30. The van der Waals surface area contributed by atoms with Crippen molar-refractivity contribution in [3.63, 3.8) is 0 Å². The standard InChI is InChI=1S/C18H21N3O4/c1-18(2,3)16-19-11-20-17(21-16)25-14-9-7-6-8-12(14)13(10-23-4)15(22)24-5/h6-11H,1-5H3/b13-10+. The van der Waals surface area contributed by atoms with Crippen LogP contribution in [-0.2, 0) is 19.7 Å². The molecule has 7 nitrogen and oxygen atoms in total. The van der Waals surface area contributed by atoms with E-state index in [9.17, 15) is 4.79 Å². The van der Waals surface area contributed by atoms with E-state index in [2.05, 4.69) is 15.0 Å². The van der Waals surface area contributed by atoms with Crippen molar-refractivity contribution < 1.29 is 19.0 Å². The summed E-state index contributed by atoms with van der Waals surface area (Å²) in [4.78, 5) is 24.6. The van der Waals surface area contributed by atoms with Crippen LogP contribution in [0.3, 0.4) is 0 Å². The predicted molar refractivity (Wildman–Crippen MR) is 92.0 cm³/mol. The van der Waals surface area contributed by atoms with E-state index < -0.39 is 5.97 Å². The summed E-state index contributed by atoms with van der Waals surface area (Å²) >= 11 is 0. The van der Waals surface area contributed by atoms with E-state index in [1.807, 2.05) is 20.8 Å². The summed E-state index contributed by atoms with van der Waals surface area (Å²) in [6.45, 7) is 5.99. The Hall–Kier alpha value is -2.96. The van der Waals surface area contributed by atoms with Gasteiger partial charge in [0.1, 0.15) is 23.5 Å². The van der Waals surface area contributed by atoms with Crippen molar-refractivity contribution in [3.05, 3.63) is 48.2 Å². The van der Waals surface area contributed by atoms with Gasteiger partial charge in [-0.2, -0.15) is 9.97 Å². The molecule has 132 valence electrons. The Morgan fingerprint density at radius 3 is 2.48 bits per heavy atom. The summed E-state index contributed by atoms with van der Waals surface area (Å²) in [6, 6.07) is 7.15. The Bertz CT molecular complexity index is 782. The molecule has 0 amide bonds. The molecule has 0 aliphatic rings. The van der Waals surface area contributed by atoms with Crippen LogP contribution in [-0.4, -0.2) is 35.1 Å². The molecule has 2 aromatic rings. The zero-order valence-electron chi connectivity index (χ0n) is 14.9. The van der Waals surface area contributed by atoms with Crippen molar-refractivity contribution in [2.75, 3.05) is 14.2 Å². The van der Waals surface area contributed by atoms with E-state index in [0.717, 1.165) is 0 Å². The van der Waals surface area contributed by atoms with E-state index in [0.29, 0.717) is 17.1 Å². The molecular weight excluding hydrogens is 322 g/mol. The second-order valence-corrected chi connectivity index (χ2v) is 6.20. The molecule has 7 heteroatoms. The summed E-state index contributed by atoms with van der Waals surface area (Å²) < 4.78 is 15.6. The quantitative estimate of drug-likeness (QED) is 0.468. The maximum absolute atomic E-state index is 12.0. The highest BCUT2D eigenvalue weighted by Gasteiger charge is 2.21. The lowest BCUT2D eigenvalue weighted by Gasteiger charge is -2.16. The van der Waals surface area contributed by atoms with Crippen LogP contribution in [0, 0.1) is 0 Å². The number of para-hydroxylation sites is 1. The molecule has 1 aromatic carbocycles. The normalized spacial score (nSPS) is 11.8. The SMILES string of the molecule is CO/C=C(/C(=O)OC)c1ccccc1Oc1ncnc(C(C)(C)C)n1. The van der Waals surface area contributed by atoms with Gasteiger partial charge in [-0.25, -0.2) is 9.78 Å². The molecule has 0 aliphatic carbocycles. The molecule has 0 unspecified atom stereocenters. The van der Waals surface area contributed by atoms with Gasteiger partial charge in [0.15, 0.2) is 0 Å². The molecule has 2 rings (SSSR count). The van der Waals surface area contributed by atoms with Gasteiger partial charge in [-0.3, -0.25) is 0 Å². The fourth-order valence-corrected chi connectivity index (χ4v) is 2.02. The van der Waals surface area contributed by atoms with Crippen molar-refractivity contribution in [1.29, 1.82) is 0 Å². The van der Waals surface area contributed by atoms with E-state index in [1.54, 1.807) is 24.3 Å². The molecule has 0 bridgehead atoms. The molecule has 1 heterocycles. The average Bonchev–Trinajstić information content (AvgIpc) is 2.59. The van der Waals surface area contributed by atoms with Crippen LogP contribution in [0.5, 0.6) is 11.8 Å². The molecule has 0 spiro atoms. The van der Waals surface area contributed by atoms with Crippen molar-refractivity contribution >= 4 is 11.5 Å². The Kier molecular flexibility index (Phi) is 5.69. The molecule has 0 radical (unpaired) electrons. The maximum atomic E-state index is 12.0. The Morgan fingerprint density at radius 1 is 1.12 bits per heavy atom. The maximum Gasteiger partial charge on any atom is 0.341 e. The first-order valence-electron chi connectivity index (χ1n) is 7.65. The number of ether oxygens (including phenoxy) is 3. The van der Waals surface area contributed by atoms with Gasteiger partial charge < -0.3 is 14.2 Å². The number of benzene rings is 1. The number of esters is 1. The summed E-state index contributed by atoms with van der Waals surface area (Å²) in [6.07, 6.45) is 2.71. The van der Waals surface area contributed by atoms with E-state index in [1.165, 1.54) is 26.8 Å². The van der Waals surface area contributed by atoms with Gasteiger partial charge in [0.25, 0.3) is 0 Å². The second kappa shape index (κ2) is 7.74. The van der Waals surface area contributed by atoms with Crippen LogP contribution in [0.15, 0.2) is 36.9 Å². The highest BCUT2D eigenvalue weighted by molar-refractivity contribution is 6.17. The minimum atomic E-state index is -0.538. The van der Waals surface area contributed by atoms with Crippen LogP contribution in [0.4, 0.5) is 0 Å². The molecule has 0 fully saturated rings. The van der Waals surface area contributed by atoms with Crippen molar-refractivity contribution in [2.24, 2.45) is 0 Å². The first-order valence-corrected chi connectivity index (χ1v) is 7.65. The zero-order chi connectivity index (χ0) is 18.4. The lowest BCUT2D eigenvalue weighted by Crippen LogP contribution is -2.16. The van der Waals surface area contributed by atoms with E-state index in [4.69, 9.17) is 14.2 Å². The third-order valence-corrected chi connectivity index (χ3v) is 3.24. The minimum absolute atomic E-state index is 0.147. The first-order chi connectivity index (χ1) is 11.9. The Morgan fingerprint density at radius 2 is 1.84 bits per heavy atom. The van der Waals surface area contributed by atoms with E-state index in [-0.39, 0.29) is 17.0 Å². The summed E-state index contributed by atoms with van der Waals surface area (Å²) in [7, 11) is 2.75. The second-order valence-electron chi connectivity index (χ2n) is 6.20. The molecule has 0 saturated carbocycles. The van der Waals surface area contributed by atoms with Gasteiger partial charge in [-0.05, 0) is 6.07 Å². The smallest absolute Gasteiger partial charge is 0.341 e. The molecular formula is C18H21N3O4. The number of methoxy groups -OCH3 is 2. The fourth-order valence-electron chi connectivity index (χ4n) is 2.02. The average molecular weight is 343 g/mol. The monoisotopic (exact) mass is 343 g/mol. The van der Waals surface area contributed by atoms with Crippen molar-refractivity contribution in [1.82, 2.24) is 15.0 Å². The van der Waals surface area contributed by atoms with Gasteiger partial charge in [0.05, 0.1) is 20.5 Å². The lowest BCUT2D eigenvalue weighted by atomic mass is 9.96. The Balaban J connectivity index is 2.42. The molecule has 0 saturated heterocycles. The zero-order valence-corrected chi connectivity index (χ0v) is 14.9. The van der Waals surface area contributed by atoms with Crippen LogP contribution < -0.4 is 4.74 Å². The molecule has 0 N–H and O–H groups in total. The van der Waals surface area contributed by atoms with Gasteiger partial charge >= 0.3 is 12.0 Å². The third-order valence-electron chi connectivity index (χ3n) is 3.24. The molecule has 1 aromatic heterocycles. The Labute approximate surface area is 146 Å². The summed E-state index contributed by atoms with van der Waals surface area (Å²) in [5, 5.41) is 0. The van der Waals surface area contributed by atoms with Crippen molar-refractivity contribution in [2.45, 2.75) is 26.2 Å². The van der Waals surface area contributed by atoms with Crippen molar-refractivity contribution in [3.8, 4) is 11.8 Å². The molecule has 0 atom stereocenters. The largest absolute Gasteiger partial charge is 0.503 e. The number of rotatable bonds is 5. The number of hydrogen-bond acceptors (Lipinski definition) is 7. The molecule has 0 aliphatic heterocycles. The number of carbonyl (C=O) groups is 1. The number of carbonyl (C=O) groups excluding carboxylic acids is 1. The van der Waals surface area contributed by atoms with Crippen LogP contribution >= 0.6 is 0 Å². The predicted octanol–water partition coefficient (Wildman–Crippen LogP) is 3.12. The summed E-state index contributed by atoms with van der Waals surface area (Å²) in [5.74, 6) is 0.474. The number of hydrogen-bond donors (Lipinski definition) is 0. The summed E-state index contributed by atoms with van der Waals surface area (Å²) in [5.41, 5.74) is 0.493. The first kappa shape index (κ1) is 18.4. The van der Waals surface area contributed by atoms with Crippen LogP contribution in [0.25, 0.3) is 5.57 Å². The van der Waals surface area contributed by atoms with Gasteiger partial charge in [-0.1, -0.05) is 39.0 Å². The van der Waals surface area contributed by atoms with Crippen LogP contribution in [0.1, 0.15) is 32.2 Å². The fraction of sp³-hybridized carbons (Fsp3) is 0.333. The van der Waals surface area contributed by atoms with E-state index >= 15 is 0 Å². The van der Waals surface area contributed by atoms with Gasteiger partial charge in [0, 0.05) is 11.0 Å². The molecule has 25 heavy (non-hydrogen) atoms. The number of nitrogens with zero attached hydrogens (tertiary/aromatic N) is 3. The number of aromatic nitrogens is 3. The minimum Gasteiger partial charge on any atom is -0.503 e. The highest BCUT2D eigenvalue weighted by atomic mass is 16.5. The topological polar surface area (TPSA) is 83.4 Å². The van der Waals surface area contributed by atoms with Gasteiger partial charge in [0.2, 0.25) is 0 Å². The van der Waals surface area contributed by atoms with Crippen LogP contribution in [0.2, 0.25) is 0 Å².